The van der Waals surface area contributed by atoms with E-state index < -0.39 is 5.97 Å². The van der Waals surface area contributed by atoms with Crippen LogP contribution in [0.25, 0.3) is 0 Å². The SMILES string of the molecule is CCCCCCCCCCCCCC(=O)OCCCCCCCCCCCCCCCCCCCCCCCCCCCCCCCCCCCCCC(=O)O. The van der Waals surface area contributed by atoms with Crippen molar-refractivity contribution in [2.24, 2.45) is 0 Å². The van der Waals surface area contributed by atoms with E-state index in [0.29, 0.717) is 19.4 Å². The third kappa shape index (κ3) is 51.0. The van der Waals surface area contributed by atoms with Gasteiger partial charge in [0, 0.05) is 12.8 Å². The second-order valence-corrected chi connectivity index (χ2v) is 18.0. The maximum Gasteiger partial charge on any atom is 0.305 e. The molecule has 0 fully saturated rings. The van der Waals surface area contributed by atoms with Crippen LogP contribution in [0.1, 0.15) is 315 Å². The molecule has 0 heterocycles. The predicted molar refractivity (Wildman–Crippen MR) is 246 cm³/mol. The lowest BCUT2D eigenvalue weighted by Gasteiger charge is -2.06. The van der Waals surface area contributed by atoms with E-state index in [1.807, 2.05) is 0 Å². The van der Waals surface area contributed by atoms with Crippen LogP contribution in [0.2, 0.25) is 0 Å². The molecule has 56 heavy (non-hydrogen) atoms. The van der Waals surface area contributed by atoms with Gasteiger partial charge in [-0.15, -0.1) is 0 Å². The van der Waals surface area contributed by atoms with Gasteiger partial charge >= 0.3 is 11.9 Å². The van der Waals surface area contributed by atoms with Crippen molar-refractivity contribution in [2.75, 3.05) is 6.61 Å². The predicted octanol–water partition coefficient (Wildman–Crippen LogP) is 18.4. The molecule has 0 aliphatic rings. The zero-order chi connectivity index (χ0) is 40.5. The first-order chi connectivity index (χ1) is 27.7. The van der Waals surface area contributed by atoms with Gasteiger partial charge in [-0.2, -0.15) is 0 Å². The fraction of sp³-hybridized carbons (Fsp3) is 0.962. The Hall–Kier alpha value is -1.06. The molecule has 4 nitrogen and oxygen atoms in total. The minimum absolute atomic E-state index is 0.0243. The normalized spacial score (nSPS) is 11.4. The molecule has 334 valence electrons. The summed E-state index contributed by atoms with van der Waals surface area (Å²) in [5.74, 6) is -0.626. The Labute approximate surface area is 352 Å². The van der Waals surface area contributed by atoms with Gasteiger partial charge in [-0.1, -0.05) is 283 Å². The van der Waals surface area contributed by atoms with Crippen molar-refractivity contribution in [2.45, 2.75) is 315 Å². The molecular formula is C52H102O4. The molecule has 0 spiro atoms. The molecular weight excluding hydrogens is 689 g/mol. The van der Waals surface area contributed by atoms with Crippen molar-refractivity contribution in [3.8, 4) is 0 Å². The van der Waals surface area contributed by atoms with E-state index in [2.05, 4.69) is 6.92 Å². The summed E-state index contributed by atoms with van der Waals surface area (Å²) in [7, 11) is 0. The number of hydrogen-bond acceptors (Lipinski definition) is 3. The van der Waals surface area contributed by atoms with Crippen molar-refractivity contribution in [1.82, 2.24) is 0 Å². The molecule has 0 aliphatic heterocycles. The summed E-state index contributed by atoms with van der Waals surface area (Å²) in [6.45, 7) is 2.91. The fourth-order valence-corrected chi connectivity index (χ4v) is 8.40. The van der Waals surface area contributed by atoms with Crippen LogP contribution in [0.15, 0.2) is 0 Å². The minimum atomic E-state index is -0.650. The standard InChI is InChI=1S/C52H102O4/c1-2-3-4-5-6-7-33-37-40-43-46-49-52(55)56-50-47-44-41-38-35-32-30-28-26-24-22-20-18-16-14-12-10-8-9-11-13-15-17-19-21-23-25-27-29-31-34-36-39-42-45-48-51(53)54/h2-50H2,1H3,(H,53,54). The molecule has 1 N–H and O–H groups in total. The van der Waals surface area contributed by atoms with Crippen LogP contribution >= 0.6 is 0 Å². The molecule has 0 saturated heterocycles. The average Bonchev–Trinajstić information content (AvgIpc) is 3.19. The Balaban J connectivity index is 3.12. The number of carbonyl (C=O) groups excluding carboxylic acids is 1. The second-order valence-electron chi connectivity index (χ2n) is 18.0. The molecule has 0 radical (unpaired) electrons. The van der Waals surface area contributed by atoms with Gasteiger partial charge in [0.15, 0.2) is 0 Å². The lowest BCUT2D eigenvalue weighted by Crippen LogP contribution is -2.05. The van der Waals surface area contributed by atoms with Crippen LogP contribution in [0.5, 0.6) is 0 Å². The van der Waals surface area contributed by atoms with Gasteiger partial charge in [0.05, 0.1) is 6.61 Å². The Bertz CT molecular complexity index is 751. The lowest BCUT2D eigenvalue weighted by atomic mass is 10.0. The molecule has 0 amide bonds. The highest BCUT2D eigenvalue weighted by Crippen LogP contribution is 2.18. The van der Waals surface area contributed by atoms with Crippen molar-refractivity contribution in [1.29, 1.82) is 0 Å². The highest BCUT2D eigenvalue weighted by Gasteiger charge is 2.03. The van der Waals surface area contributed by atoms with Gasteiger partial charge < -0.3 is 9.84 Å². The van der Waals surface area contributed by atoms with Gasteiger partial charge in [0.25, 0.3) is 0 Å². The number of carboxylic acid groups (broad SMARTS) is 1. The number of carboxylic acids is 1. The summed E-state index contributed by atoms with van der Waals surface area (Å²) in [5, 5.41) is 8.66. The number of unbranched alkanes of at least 4 members (excludes halogenated alkanes) is 44. The topological polar surface area (TPSA) is 63.6 Å². The van der Waals surface area contributed by atoms with E-state index in [-0.39, 0.29) is 5.97 Å². The van der Waals surface area contributed by atoms with Crippen LogP contribution in [-0.2, 0) is 14.3 Å². The Morgan fingerprint density at radius 3 is 0.714 bits per heavy atom. The summed E-state index contributed by atoms with van der Waals surface area (Å²) in [4.78, 5) is 22.5. The summed E-state index contributed by atoms with van der Waals surface area (Å²) in [6, 6.07) is 0. The first kappa shape index (κ1) is 54.9. The zero-order valence-corrected chi connectivity index (χ0v) is 38.3. The highest BCUT2D eigenvalue weighted by atomic mass is 16.5. The maximum atomic E-state index is 12.0. The molecule has 0 unspecified atom stereocenters. The van der Waals surface area contributed by atoms with E-state index in [1.165, 1.54) is 270 Å². The lowest BCUT2D eigenvalue weighted by molar-refractivity contribution is -0.144. The van der Waals surface area contributed by atoms with E-state index in [1.54, 1.807) is 0 Å². The van der Waals surface area contributed by atoms with E-state index in [0.717, 1.165) is 25.7 Å². The zero-order valence-electron chi connectivity index (χ0n) is 38.3. The Morgan fingerprint density at radius 1 is 0.286 bits per heavy atom. The molecule has 0 aliphatic carbocycles. The molecule has 0 saturated carbocycles. The van der Waals surface area contributed by atoms with Gasteiger partial charge in [0.1, 0.15) is 0 Å². The molecule has 0 aromatic carbocycles. The second kappa shape index (κ2) is 50.1. The molecule has 0 bridgehead atoms. The van der Waals surface area contributed by atoms with Crippen molar-refractivity contribution in [3.63, 3.8) is 0 Å². The summed E-state index contributed by atoms with van der Waals surface area (Å²) in [6.07, 6.45) is 63.4. The van der Waals surface area contributed by atoms with Gasteiger partial charge in [-0.05, 0) is 19.3 Å². The maximum absolute atomic E-state index is 12.0. The number of esters is 1. The number of rotatable bonds is 50. The third-order valence-electron chi connectivity index (χ3n) is 12.3. The summed E-state index contributed by atoms with van der Waals surface area (Å²) in [5.41, 5.74) is 0. The first-order valence-corrected chi connectivity index (χ1v) is 26.0. The van der Waals surface area contributed by atoms with Crippen LogP contribution < -0.4 is 0 Å². The molecule has 4 heteroatoms. The van der Waals surface area contributed by atoms with Crippen molar-refractivity contribution >= 4 is 11.9 Å². The number of hydrogen-bond donors (Lipinski definition) is 1. The molecule has 0 aromatic rings. The number of carbonyl (C=O) groups is 2. The van der Waals surface area contributed by atoms with E-state index in [9.17, 15) is 9.59 Å². The average molecular weight is 791 g/mol. The minimum Gasteiger partial charge on any atom is -0.481 e. The van der Waals surface area contributed by atoms with Crippen molar-refractivity contribution < 1.29 is 19.4 Å². The Morgan fingerprint density at radius 2 is 0.482 bits per heavy atom. The van der Waals surface area contributed by atoms with Crippen molar-refractivity contribution in [3.05, 3.63) is 0 Å². The fourth-order valence-electron chi connectivity index (χ4n) is 8.40. The van der Waals surface area contributed by atoms with Crippen LogP contribution in [0.4, 0.5) is 0 Å². The van der Waals surface area contributed by atoms with E-state index in [4.69, 9.17) is 9.84 Å². The van der Waals surface area contributed by atoms with Gasteiger partial charge in [-0.25, -0.2) is 0 Å². The van der Waals surface area contributed by atoms with Crippen LogP contribution in [0.3, 0.4) is 0 Å². The van der Waals surface area contributed by atoms with Gasteiger partial charge in [-0.3, -0.25) is 9.59 Å². The Kier molecular flexibility index (Phi) is 49.1. The van der Waals surface area contributed by atoms with E-state index >= 15 is 0 Å². The van der Waals surface area contributed by atoms with Gasteiger partial charge in [0.2, 0.25) is 0 Å². The molecule has 0 atom stereocenters. The number of ether oxygens (including phenoxy) is 1. The number of aliphatic carboxylic acids is 1. The van der Waals surface area contributed by atoms with Crippen LogP contribution in [-0.4, -0.2) is 23.7 Å². The quantitative estimate of drug-likeness (QED) is 0.0492. The molecule has 0 rings (SSSR count). The third-order valence-corrected chi connectivity index (χ3v) is 12.3. The molecule has 0 aromatic heterocycles. The monoisotopic (exact) mass is 791 g/mol. The first-order valence-electron chi connectivity index (χ1n) is 26.0. The summed E-state index contributed by atoms with van der Waals surface area (Å²) < 4.78 is 5.46. The highest BCUT2D eigenvalue weighted by molar-refractivity contribution is 5.69. The smallest absolute Gasteiger partial charge is 0.305 e. The largest absolute Gasteiger partial charge is 0.481 e. The van der Waals surface area contributed by atoms with Crippen LogP contribution in [0, 0.1) is 0 Å². The summed E-state index contributed by atoms with van der Waals surface area (Å²) >= 11 is 0.